The van der Waals surface area contributed by atoms with Gasteiger partial charge in [-0.2, -0.15) is 0 Å². The summed E-state index contributed by atoms with van der Waals surface area (Å²) in [4.78, 5) is 4.59. The third-order valence-corrected chi connectivity index (χ3v) is 6.93. The molecule has 1 atom stereocenters. The van der Waals surface area contributed by atoms with Crippen LogP contribution in [0, 0.1) is 0 Å². The lowest BCUT2D eigenvalue weighted by atomic mass is 10.1. The van der Waals surface area contributed by atoms with Gasteiger partial charge in [0.2, 0.25) is 5.79 Å². The molecule has 0 saturated carbocycles. The molecule has 0 saturated heterocycles. The molecule has 2 aromatic carbocycles. The second kappa shape index (κ2) is 8.37. The number of ether oxygens (including phenoxy) is 2. The van der Waals surface area contributed by atoms with Gasteiger partial charge in [0.15, 0.2) is 9.84 Å². The van der Waals surface area contributed by atoms with E-state index >= 15 is 0 Å². The normalized spacial score (nSPS) is 18.5. The molecule has 4 N–H and O–H groups in total. The molecule has 8 nitrogen and oxygen atoms in total. The number of para-hydroxylation sites is 1. The van der Waals surface area contributed by atoms with E-state index in [1.807, 2.05) is 0 Å². The molecule has 1 aliphatic rings. The summed E-state index contributed by atoms with van der Waals surface area (Å²) in [5, 5.41) is 5.71. The van der Waals surface area contributed by atoms with Crippen molar-refractivity contribution in [1.29, 1.82) is 0 Å². The number of benzene rings is 2. The monoisotopic (exact) mass is 430 g/mol. The number of nitrogens with two attached hydrogens (primary N) is 1. The standard InChI is InChI=1S/C21H26N4O4S/c1-14(2)30(26,27)19-8-6-5-7-18(19)24-20-9-10-23-21(22,25-20)15-11-16(28-3)13-17(12-15)29-4/h5-14,24-25H,22H2,1-4H3. The second-order valence-corrected chi connectivity index (χ2v) is 9.54. The number of hydrogen-bond acceptors (Lipinski definition) is 8. The first-order valence-electron chi connectivity index (χ1n) is 9.35. The van der Waals surface area contributed by atoms with E-state index in [1.54, 1.807) is 82.8 Å². The zero-order chi connectivity index (χ0) is 21.9. The number of anilines is 1. The van der Waals surface area contributed by atoms with E-state index in [4.69, 9.17) is 15.2 Å². The van der Waals surface area contributed by atoms with E-state index in [0.29, 0.717) is 28.6 Å². The van der Waals surface area contributed by atoms with Crippen molar-refractivity contribution in [3.8, 4) is 11.5 Å². The average molecular weight is 431 g/mol. The van der Waals surface area contributed by atoms with Crippen molar-refractivity contribution in [2.45, 2.75) is 29.8 Å². The van der Waals surface area contributed by atoms with Gasteiger partial charge in [0.1, 0.15) is 17.3 Å². The molecular formula is C21H26N4O4S. The van der Waals surface area contributed by atoms with E-state index in [-0.39, 0.29) is 4.90 Å². The predicted octanol–water partition coefficient (Wildman–Crippen LogP) is 2.58. The molecule has 0 radical (unpaired) electrons. The van der Waals surface area contributed by atoms with Crippen molar-refractivity contribution >= 4 is 21.7 Å². The largest absolute Gasteiger partial charge is 0.497 e. The fourth-order valence-corrected chi connectivity index (χ4v) is 4.17. The maximum absolute atomic E-state index is 12.7. The van der Waals surface area contributed by atoms with Crippen LogP contribution >= 0.6 is 0 Å². The molecule has 3 rings (SSSR count). The molecule has 0 aromatic heterocycles. The molecule has 2 aromatic rings. The van der Waals surface area contributed by atoms with E-state index in [2.05, 4.69) is 15.6 Å². The number of allylic oxidation sites excluding steroid dienone is 1. The van der Waals surface area contributed by atoms with E-state index in [0.717, 1.165) is 0 Å². The Kier molecular flexibility index (Phi) is 6.04. The Morgan fingerprint density at radius 1 is 1.10 bits per heavy atom. The lowest BCUT2D eigenvalue weighted by Crippen LogP contribution is -2.51. The molecule has 0 amide bonds. The summed E-state index contributed by atoms with van der Waals surface area (Å²) in [5.74, 6) is 0.345. The first-order chi connectivity index (χ1) is 14.2. The number of nitrogens with one attached hydrogen (secondary N) is 2. The van der Waals surface area contributed by atoms with Crippen molar-refractivity contribution in [3.63, 3.8) is 0 Å². The molecule has 1 heterocycles. The topological polar surface area (TPSA) is 115 Å². The summed E-state index contributed by atoms with van der Waals surface area (Å²) in [7, 11) is -0.365. The predicted molar refractivity (Wildman–Crippen MR) is 118 cm³/mol. The van der Waals surface area contributed by atoms with Crippen molar-refractivity contribution in [3.05, 3.63) is 59.9 Å². The number of methoxy groups -OCH3 is 2. The van der Waals surface area contributed by atoms with Crippen LogP contribution in [0.15, 0.2) is 64.2 Å². The molecule has 160 valence electrons. The van der Waals surface area contributed by atoms with Gasteiger partial charge in [0.25, 0.3) is 0 Å². The van der Waals surface area contributed by atoms with Crippen molar-refractivity contribution in [2.24, 2.45) is 10.7 Å². The Morgan fingerprint density at radius 3 is 2.33 bits per heavy atom. The highest BCUT2D eigenvalue weighted by Crippen LogP contribution is 2.31. The van der Waals surface area contributed by atoms with E-state index in [1.165, 1.54) is 0 Å². The maximum atomic E-state index is 12.7. The highest BCUT2D eigenvalue weighted by Gasteiger charge is 2.31. The van der Waals surface area contributed by atoms with Crippen LogP contribution in [0.3, 0.4) is 0 Å². The summed E-state index contributed by atoms with van der Waals surface area (Å²) in [6.45, 7) is 3.30. The smallest absolute Gasteiger partial charge is 0.210 e. The van der Waals surface area contributed by atoms with Crippen molar-refractivity contribution in [2.75, 3.05) is 19.5 Å². The Labute approximate surface area is 176 Å². The quantitative estimate of drug-likeness (QED) is 0.618. The molecule has 1 aliphatic heterocycles. The lowest BCUT2D eigenvalue weighted by Gasteiger charge is -2.32. The van der Waals surface area contributed by atoms with E-state index in [9.17, 15) is 8.42 Å². The highest BCUT2D eigenvalue weighted by molar-refractivity contribution is 7.92. The number of sulfone groups is 1. The summed E-state index contributed by atoms with van der Waals surface area (Å²) in [6.07, 6.45) is 3.24. The zero-order valence-electron chi connectivity index (χ0n) is 17.3. The number of hydrogen-bond donors (Lipinski definition) is 3. The summed E-state index contributed by atoms with van der Waals surface area (Å²) in [6, 6.07) is 12.0. The van der Waals surface area contributed by atoms with E-state index < -0.39 is 20.9 Å². The molecule has 0 bridgehead atoms. The third-order valence-electron chi connectivity index (χ3n) is 4.72. The maximum Gasteiger partial charge on any atom is 0.210 e. The van der Waals surface area contributed by atoms with Crippen LogP contribution in [0.25, 0.3) is 0 Å². The molecular weight excluding hydrogens is 404 g/mol. The van der Waals surface area contributed by atoms with Crippen LogP contribution in [-0.2, 0) is 15.6 Å². The average Bonchev–Trinajstić information content (AvgIpc) is 2.73. The highest BCUT2D eigenvalue weighted by atomic mass is 32.2. The van der Waals surface area contributed by atoms with Crippen LogP contribution in [0.1, 0.15) is 19.4 Å². The van der Waals surface area contributed by atoms with Gasteiger partial charge in [-0.1, -0.05) is 12.1 Å². The molecule has 1 unspecified atom stereocenters. The van der Waals surface area contributed by atoms with Gasteiger partial charge in [-0.15, -0.1) is 0 Å². The van der Waals surface area contributed by atoms with Crippen LogP contribution in [0.5, 0.6) is 11.5 Å². The third kappa shape index (κ3) is 4.27. The van der Waals surface area contributed by atoms with Gasteiger partial charge >= 0.3 is 0 Å². The van der Waals surface area contributed by atoms with Crippen molar-refractivity contribution in [1.82, 2.24) is 5.32 Å². The molecule has 0 aliphatic carbocycles. The number of rotatable bonds is 7. The Bertz CT molecular complexity index is 1070. The zero-order valence-corrected chi connectivity index (χ0v) is 18.2. The van der Waals surface area contributed by atoms with Gasteiger partial charge in [-0.25, -0.2) is 13.4 Å². The molecule has 9 heteroatoms. The van der Waals surface area contributed by atoms with Gasteiger partial charge in [-0.3, -0.25) is 5.73 Å². The minimum Gasteiger partial charge on any atom is -0.497 e. The van der Waals surface area contributed by atoms with Crippen LogP contribution < -0.4 is 25.8 Å². The molecule has 30 heavy (non-hydrogen) atoms. The van der Waals surface area contributed by atoms with Crippen LogP contribution in [0.2, 0.25) is 0 Å². The first-order valence-corrected chi connectivity index (χ1v) is 10.9. The van der Waals surface area contributed by atoms with Crippen LogP contribution in [-0.4, -0.2) is 34.1 Å². The fraction of sp³-hybridized carbons (Fsp3) is 0.286. The van der Waals surface area contributed by atoms with Gasteiger partial charge in [-0.05, 0) is 44.2 Å². The minimum atomic E-state index is -3.47. The SMILES string of the molecule is COc1cc(OC)cc(C2(N)N=CC=C(Nc3ccccc3S(=O)(=O)C(C)C)N2)c1. The second-order valence-electron chi connectivity index (χ2n) is 7.07. The molecule has 0 fully saturated rings. The number of aliphatic imine (C=N–C) groups is 1. The Hall–Kier alpha value is -3.04. The lowest BCUT2D eigenvalue weighted by molar-refractivity contribution is 0.373. The van der Waals surface area contributed by atoms with Crippen molar-refractivity contribution < 1.29 is 17.9 Å². The van der Waals surface area contributed by atoms with Gasteiger partial charge in [0, 0.05) is 17.8 Å². The Morgan fingerprint density at radius 2 is 1.73 bits per heavy atom. The minimum absolute atomic E-state index is 0.218. The summed E-state index contributed by atoms with van der Waals surface area (Å²) >= 11 is 0. The Balaban J connectivity index is 1.92. The molecule has 0 spiro atoms. The summed E-state index contributed by atoms with van der Waals surface area (Å²) in [5.41, 5.74) is 7.59. The van der Waals surface area contributed by atoms with Gasteiger partial charge in [0.05, 0.1) is 30.1 Å². The summed E-state index contributed by atoms with van der Waals surface area (Å²) < 4.78 is 36.1. The first kappa shape index (κ1) is 21.7. The fourth-order valence-electron chi connectivity index (χ4n) is 2.97. The van der Waals surface area contributed by atoms with Crippen LogP contribution in [0.4, 0.5) is 5.69 Å². The number of nitrogens with zero attached hydrogens (tertiary/aromatic N) is 1. The van der Waals surface area contributed by atoms with Gasteiger partial charge < -0.3 is 20.1 Å².